The van der Waals surface area contributed by atoms with Gasteiger partial charge in [0.05, 0.1) is 15.2 Å². The van der Waals surface area contributed by atoms with E-state index < -0.39 is 0 Å². The zero-order chi connectivity index (χ0) is 20.3. The molecule has 5 heteroatoms. The number of rotatable bonds is 4. The quantitative estimate of drug-likeness (QED) is 0.471. The van der Waals surface area contributed by atoms with Crippen LogP contribution in [0.15, 0.2) is 42.5 Å². The smallest absolute Gasteiger partial charge is 0.224 e. The summed E-state index contributed by atoms with van der Waals surface area (Å²) in [5.41, 5.74) is 2.93. The number of thiazole rings is 1. The van der Waals surface area contributed by atoms with E-state index in [4.69, 9.17) is 16.6 Å². The number of amides is 1. The summed E-state index contributed by atoms with van der Waals surface area (Å²) in [5.74, 6) is 2.74. The number of benzene rings is 2. The normalized spacial score (nSPS) is 29.4. The van der Waals surface area contributed by atoms with E-state index in [1.54, 1.807) is 11.3 Å². The minimum absolute atomic E-state index is 0.140. The van der Waals surface area contributed by atoms with Gasteiger partial charge in [0.2, 0.25) is 5.91 Å². The molecule has 3 aromatic rings. The van der Waals surface area contributed by atoms with Crippen molar-refractivity contribution < 1.29 is 4.79 Å². The maximum absolute atomic E-state index is 12.9. The molecule has 1 amide bonds. The van der Waals surface area contributed by atoms with E-state index in [1.807, 2.05) is 36.4 Å². The van der Waals surface area contributed by atoms with Crippen molar-refractivity contribution in [1.29, 1.82) is 0 Å². The number of hydrogen-bond donors (Lipinski definition) is 1. The molecule has 0 spiro atoms. The Hall–Kier alpha value is -1.91. The van der Waals surface area contributed by atoms with Crippen molar-refractivity contribution in [2.75, 3.05) is 5.32 Å². The molecule has 2 aromatic carbocycles. The molecule has 4 aliphatic carbocycles. The third-order valence-electron chi connectivity index (χ3n) is 7.48. The van der Waals surface area contributed by atoms with Crippen molar-refractivity contribution in [3.8, 4) is 10.6 Å². The summed E-state index contributed by atoms with van der Waals surface area (Å²) in [6, 6.07) is 13.9. The summed E-state index contributed by atoms with van der Waals surface area (Å²) in [6.07, 6.45) is 8.64. The lowest BCUT2D eigenvalue weighted by Gasteiger charge is -2.56. The van der Waals surface area contributed by atoms with Crippen LogP contribution in [0.4, 0.5) is 5.69 Å². The highest BCUT2D eigenvalue weighted by atomic mass is 35.5. The number of nitrogens with one attached hydrogen (secondary N) is 1. The lowest BCUT2D eigenvalue weighted by atomic mass is 9.49. The van der Waals surface area contributed by atoms with Crippen LogP contribution in [0.2, 0.25) is 5.02 Å². The van der Waals surface area contributed by atoms with E-state index in [0.717, 1.165) is 44.2 Å². The van der Waals surface area contributed by atoms with Gasteiger partial charge in [-0.05, 0) is 92.0 Å². The van der Waals surface area contributed by atoms with Crippen molar-refractivity contribution in [2.24, 2.45) is 23.2 Å². The molecule has 154 valence electrons. The Bertz CT molecular complexity index is 1070. The van der Waals surface area contributed by atoms with Gasteiger partial charge in [0.15, 0.2) is 0 Å². The van der Waals surface area contributed by atoms with Crippen LogP contribution in [0.3, 0.4) is 0 Å². The number of para-hydroxylation sites is 1. The minimum atomic E-state index is 0.140. The second-order valence-corrected chi connectivity index (χ2v) is 11.3. The fourth-order valence-corrected chi connectivity index (χ4v) is 8.14. The summed E-state index contributed by atoms with van der Waals surface area (Å²) in [4.78, 5) is 17.6. The lowest BCUT2D eigenvalue weighted by molar-refractivity contribution is -0.124. The Morgan fingerprint density at radius 2 is 1.77 bits per heavy atom. The Labute approximate surface area is 185 Å². The summed E-state index contributed by atoms with van der Waals surface area (Å²) < 4.78 is 1.15. The average molecular weight is 437 g/mol. The van der Waals surface area contributed by atoms with E-state index in [1.165, 1.54) is 38.5 Å². The van der Waals surface area contributed by atoms with Crippen LogP contribution in [-0.4, -0.2) is 10.9 Å². The van der Waals surface area contributed by atoms with Gasteiger partial charge < -0.3 is 5.32 Å². The molecule has 0 unspecified atom stereocenters. The third-order valence-corrected chi connectivity index (χ3v) is 8.86. The Morgan fingerprint density at radius 3 is 2.43 bits per heavy atom. The Balaban J connectivity index is 1.18. The molecule has 1 heterocycles. The topological polar surface area (TPSA) is 42.0 Å². The van der Waals surface area contributed by atoms with E-state index >= 15 is 0 Å². The van der Waals surface area contributed by atoms with Gasteiger partial charge >= 0.3 is 0 Å². The summed E-state index contributed by atoms with van der Waals surface area (Å²) in [7, 11) is 0. The molecule has 0 atom stereocenters. The molecule has 4 saturated carbocycles. The van der Waals surface area contributed by atoms with E-state index in [9.17, 15) is 4.79 Å². The molecule has 0 radical (unpaired) electrons. The van der Waals surface area contributed by atoms with Crippen LogP contribution in [0.25, 0.3) is 20.8 Å². The van der Waals surface area contributed by atoms with Gasteiger partial charge in [-0.2, -0.15) is 0 Å². The number of nitrogens with zero attached hydrogens (tertiary/aromatic N) is 1. The molecule has 30 heavy (non-hydrogen) atoms. The summed E-state index contributed by atoms with van der Waals surface area (Å²) in [5, 5.41) is 4.66. The van der Waals surface area contributed by atoms with Crippen molar-refractivity contribution in [3.05, 3.63) is 47.5 Å². The highest BCUT2D eigenvalue weighted by molar-refractivity contribution is 7.21. The zero-order valence-electron chi connectivity index (χ0n) is 16.9. The number of carbonyl (C=O) groups excluding carboxylic acids is 1. The van der Waals surface area contributed by atoms with Crippen LogP contribution in [0, 0.1) is 23.2 Å². The second kappa shape index (κ2) is 7.06. The first kappa shape index (κ1) is 18.8. The number of carbonyl (C=O) groups is 1. The molecule has 4 bridgehead atoms. The summed E-state index contributed by atoms with van der Waals surface area (Å²) >= 11 is 8.23. The van der Waals surface area contributed by atoms with Crippen molar-refractivity contribution in [2.45, 2.75) is 44.9 Å². The van der Waals surface area contributed by atoms with Crippen LogP contribution in [0.1, 0.15) is 44.9 Å². The lowest BCUT2D eigenvalue weighted by Crippen LogP contribution is -2.47. The molecule has 4 aliphatic rings. The predicted octanol–water partition coefficient (Wildman–Crippen LogP) is 7.16. The molecule has 0 aliphatic heterocycles. The van der Waals surface area contributed by atoms with Gasteiger partial charge in [0.25, 0.3) is 0 Å². The number of halogens is 1. The van der Waals surface area contributed by atoms with Crippen molar-refractivity contribution in [1.82, 2.24) is 4.98 Å². The predicted molar refractivity (Wildman–Crippen MR) is 124 cm³/mol. The first-order valence-electron chi connectivity index (χ1n) is 11.0. The van der Waals surface area contributed by atoms with E-state index in [-0.39, 0.29) is 11.3 Å². The second-order valence-electron chi connectivity index (χ2n) is 9.82. The number of hydrogen-bond acceptors (Lipinski definition) is 3. The SMILES string of the molecule is O=C(CC12CC3CC(CC(C3)C1)C2)Nc1ccc(-c2nc3ccccc3s2)c(Cl)c1. The van der Waals surface area contributed by atoms with Crippen LogP contribution >= 0.6 is 22.9 Å². The van der Waals surface area contributed by atoms with Gasteiger partial charge in [-0.25, -0.2) is 4.98 Å². The monoisotopic (exact) mass is 436 g/mol. The van der Waals surface area contributed by atoms with Crippen LogP contribution in [-0.2, 0) is 4.79 Å². The fourth-order valence-electron chi connectivity index (χ4n) is 6.81. The van der Waals surface area contributed by atoms with Crippen molar-refractivity contribution >= 4 is 44.7 Å². The maximum Gasteiger partial charge on any atom is 0.224 e. The number of aromatic nitrogens is 1. The van der Waals surface area contributed by atoms with E-state index in [2.05, 4.69) is 11.4 Å². The standard InChI is InChI=1S/C25H25ClN2OS/c26-20-10-18(5-6-19(20)24-28-21-3-1-2-4-22(21)30-24)27-23(29)14-25-11-15-7-16(12-25)9-17(8-15)13-25/h1-6,10,15-17H,7-9,11-14H2,(H,27,29). The van der Waals surface area contributed by atoms with Gasteiger partial charge in [-0.3, -0.25) is 4.79 Å². The zero-order valence-corrected chi connectivity index (χ0v) is 18.4. The van der Waals surface area contributed by atoms with Crippen LogP contribution in [0.5, 0.6) is 0 Å². The molecule has 0 saturated heterocycles. The third kappa shape index (κ3) is 3.34. The first-order chi connectivity index (χ1) is 14.6. The molecule has 7 rings (SSSR count). The van der Waals surface area contributed by atoms with E-state index in [0.29, 0.717) is 11.4 Å². The Kier molecular flexibility index (Phi) is 4.43. The molecule has 1 aromatic heterocycles. The van der Waals surface area contributed by atoms with Crippen molar-refractivity contribution in [3.63, 3.8) is 0 Å². The molecular formula is C25H25ClN2OS. The van der Waals surface area contributed by atoms with Crippen LogP contribution < -0.4 is 5.32 Å². The van der Waals surface area contributed by atoms with Gasteiger partial charge in [-0.15, -0.1) is 11.3 Å². The first-order valence-corrected chi connectivity index (χ1v) is 12.2. The fraction of sp³-hybridized carbons (Fsp3) is 0.440. The van der Waals surface area contributed by atoms with Gasteiger partial charge in [0, 0.05) is 17.7 Å². The molecular weight excluding hydrogens is 412 g/mol. The minimum Gasteiger partial charge on any atom is -0.326 e. The highest BCUT2D eigenvalue weighted by Gasteiger charge is 2.51. The number of anilines is 1. The van der Waals surface area contributed by atoms with Gasteiger partial charge in [-0.1, -0.05) is 23.7 Å². The van der Waals surface area contributed by atoms with Gasteiger partial charge in [0.1, 0.15) is 5.01 Å². The largest absolute Gasteiger partial charge is 0.326 e. The maximum atomic E-state index is 12.9. The highest BCUT2D eigenvalue weighted by Crippen LogP contribution is 2.61. The molecule has 1 N–H and O–H groups in total. The summed E-state index contributed by atoms with van der Waals surface area (Å²) in [6.45, 7) is 0. The average Bonchev–Trinajstić information content (AvgIpc) is 3.10. The molecule has 4 fully saturated rings. The Morgan fingerprint density at radius 1 is 1.07 bits per heavy atom. The molecule has 3 nitrogen and oxygen atoms in total. The number of fused-ring (bicyclic) bond motifs is 1.